The van der Waals surface area contributed by atoms with Crippen LogP contribution in [0.3, 0.4) is 0 Å². The van der Waals surface area contributed by atoms with Crippen molar-refractivity contribution < 1.29 is 0 Å². The van der Waals surface area contributed by atoms with E-state index in [1.807, 2.05) is 0 Å². The van der Waals surface area contributed by atoms with E-state index in [1.165, 1.54) is 16.5 Å². The number of para-hydroxylation sites is 1. The summed E-state index contributed by atoms with van der Waals surface area (Å²) in [7, 11) is 0. The number of nitrogens with zero attached hydrogens (tertiary/aromatic N) is 1. The van der Waals surface area contributed by atoms with E-state index in [4.69, 9.17) is 0 Å². The molecule has 1 aromatic carbocycles. The molecule has 0 unspecified atom stereocenters. The van der Waals surface area contributed by atoms with Crippen LogP contribution in [0.15, 0.2) is 30.5 Å². The molecule has 2 aromatic rings. The van der Waals surface area contributed by atoms with Crippen molar-refractivity contribution >= 4 is 26.8 Å². The second kappa shape index (κ2) is 4.18. The third kappa shape index (κ3) is 1.59. The normalized spacial score (nSPS) is 11.0. The molecule has 0 aliphatic heterocycles. The number of benzene rings is 1. The molecule has 0 atom stereocenters. The highest BCUT2D eigenvalue weighted by molar-refractivity contribution is 9.09. The van der Waals surface area contributed by atoms with Crippen molar-refractivity contribution in [2.75, 3.05) is 5.33 Å². The summed E-state index contributed by atoms with van der Waals surface area (Å²) in [4.78, 5) is 0. The lowest BCUT2D eigenvalue weighted by Gasteiger charge is -2.06. The average Bonchev–Trinajstić information content (AvgIpc) is 2.62. The summed E-state index contributed by atoms with van der Waals surface area (Å²) in [5.74, 6) is 0. The van der Waals surface area contributed by atoms with Crippen molar-refractivity contribution in [1.82, 2.24) is 4.57 Å². The number of hydrogen-bond donors (Lipinski definition) is 0. The Hall–Kier alpha value is -0.760. The molecule has 2 heteroatoms. The van der Waals surface area contributed by atoms with E-state index in [0.717, 1.165) is 18.3 Å². The number of halogens is 1. The fourth-order valence-corrected chi connectivity index (χ4v) is 2.29. The molecule has 14 heavy (non-hydrogen) atoms. The van der Waals surface area contributed by atoms with Crippen LogP contribution in [0.25, 0.3) is 10.9 Å². The van der Waals surface area contributed by atoms with Gasteiger partial charge < -0.3 is 4.57 Å². The van der Waals surface area contributed by atoms with E-state index in [-0.39, 0.29) is 0 Å². The molecule has 0 aliphatic carbocycles. The molecule has 1 heterocycles. The van der Waals surface area contributed by atoms with Crippen molar-refractivity contribution in [3.63, 3.8) is 0 Å². The largest absolute Gasteiger partial charge is 0.346 e. The zero-order valence-electron chi connectivity index (χ0n) is 8.33. The molecule has 1 aromatic heterocycles. The summed E-state index contributed by atoms with van der Waals surface area (Å²) in [6, 6.07) is 8.73. The van der Waals surface area contributed by atoms with E-state index in [2.05, 4.69) is 57.9 Å². The van der Waals surface area contributed by atoms with Gasteiger partial charge in [-0.1, -0.05) is 41.1 Å². The summed E-state index contributed by atoms with van der Waals surface area (Å²) in [5.41, 5.74) is 2.84. The lowest BCUT2D eigenvalue weighted by atomic mass is 10.1. The number of rotatable bonds is 3. The quantitative estimate of drug-likeness (QED) is 0.735. The van der Waals surface area contributed by atoms with Crippen LogP contribution in [0.2, 0.25) is 0 Å². The maximum Gasteiger partial charge on any atom is 0.0512 e. The Morgan fingerprint density at radius 3 is 2.86 bits per heavy atom. The van der Waals surface area contributed by atoms with Crippen LogP contribution in [-0.4, -0.2) is 9.90 Å². The highest BCUT2D eigenvalue weighted by Gasteiger charge is 2.03. The molecule has 0 N–H and O–H groups in total. The predicted octanol–water partition coefficient (Wildman–Crippen LogP) is 3.60. The number of aryl methyl sites for hydroxylation is 2. The average molecular weight is 252 g/mol. The van der Waals surface area contributed by atoms with Crippen LogP contribution in [0.5, 0.6) is 0 Å². The fraction of sp³-hybridized carbons (Fsp3) is 0.333. The molecule has 0 saturated carbocycles. The van der Waals surface area contributed by atoms with Gasteiger partial charge in [-0.25, -0.2) is 0 Å². The minimum atomic E-state index is 1.01. The molecule has 0 aliphatic rings. The van der Waals surface area contributed by atoms with E-state index >= 15 is 0 Å². The standard InChI is InChI=1S/C12H14BrN/c1-2-10-4-3-5-11-6-8-14(9-7-13)12(10)11/h3-6,8H,2,7,9H2,1H3. The molecule has 0 fully saturated rings. The van der Waals surface area contributed by atoms with E-state index < -0.39 is 0 Å². The minimum absolute atomic E-state index is 1.01. The molecular formula is C12H14BrN. The molecular weight excluding hydrogens is 238 g/mol. The second-order valence-electron chi connectivity index (χ2n) is 3.41. The zero-order chi connectivity index (χ0) is 9.97. The first kappa shape index (κ1) is 9.78. The highest BCUT2D eigenvalue weighted by Crippen LogP contribution is 2.20. The summed E-state index contributed by atoms with van der Waals surface area (Å²) >= 11 is 3.48. The first-order chi connectivity index (χ1) is 6.86. The van der Waals surface area contributed by atoms with E-state index in [0.29, 0.717) is 0 Å². The number of fused-ring (bicyclic) bond motifs is 1. The van der Waals surface area contributed by atoms with Gasteiger partial charge in [0.1, 0.15) is 0 Å². The van der Waals surface area contributed by atoms with Gasteiger partial charge in [0.25, 0.3) is 0 Å². The van der Waals surface area contributed by atoms with Crippen LogP contribution in [0.4, 0.5) is 0 Å². The number of alkyl halides is 1. The van der Waals surface area contributed by atoms with Gasteiger partial charge in [-0.15, -0.1) is 0 Å². The van der Waals surface area contributed by atoms with Crippen LogP contribution < -0.4 is 0 Å². The Morgan fingerprint density at radius 2 is 2.14 bits per heavy atom. The summed E-state index contributed by atoms with van der Waals surface area (Å²) < 4.78 is 2.32. The SMILES string of the molecule is CCc1cccc2ccn(CCBr)c12. The zero-order valence-corrected chi connectivity index (χ0v) is 9.92. The molecule has 1 nitrogen and oxygen atoms in total. The Balaban J connectivity index is 2.62. The molecule has 0 spiro atoms. The Morgan fingerprint density at radius 1 is 1.29 bits per heavy atom. The summed E-state index contributed by atoms with van der Waals surface area (Å²) in [6.45, 7) is 3.25. The van der Waals surface area contributed by atoms with Gasteiger partial charge in [-0.3, -0.25) is 0 Å². The van der Waals surface area contributed by atoms with Gasteiger partial charge in [0.15, 0.2) is 0 Å². The monoisotopic (exact) mass is 251 g/mol. The smallest absolute Gasteiger partial charge is 0.0512 e. The highest BCUT2D eigenvalue weighted by atomic mass is 79.9. The van der Waals surface area contributed by atoms with Crippen LogP contribution in [0.1, 0.15) is 12.5 Å². The molecule has 2 rings (SSSR count). The molecule has 0 amide bonds. The van der Waals surface area contributed by atoms with E-state index in [9.17, 15) is 0 Å². The maximum atomic E-state index is 3.48. The van der Waals surface area contributed by atoms with Gasteiger partial charge in [0, 0.05) is 18.1 Å². The molecule has 74 valence electrons. The van der Waals surface area contributed by atoms with Crippen LogP contribution in [0, 0.1) is 0 Å². The first-order valence-electron chi connectivity index (χ1n) is 4.99. The van der Waals surface area contributed by atoms with Gasteiger partial charge in [-0.05, 0) is 23.4 Å². The summed E-state index contributed by atoms with van der Waals surface area (Å²) in [5, 5.41) is 2.36. The lowest BCUT2D eigenvalue weighted by molar-refractivity contribution is 0.807. The third-order valence-corrected chi connectivity index (χ3v) is 2.93. The Kier molecular flexibility index (Phi) is 2.92. The van der Waals surface area contributed by atoms with Crippen molar-refractivity contribution in [1.29, 1.82) is 0 Å². The first-order valence-corrected chi connectivity index (χ1v) is 6.11. The predicted molar refractivity (Wildman–Crippen MR) is 65.1 cm³/mol. The van der Waals surface area contributed by atoms with Gasteiger partial charge in [0.2, 0.25) is 0 Å². The topological polar surface area (TPSA) is 4.93 Å². The van der Waals surface area contributed by atoms with Crippen LogP contribution in [-0.2, 0) is 13.0 Å². The van der Waals surface area contributed by atoms with Gasteiger partial charge in [-0.2, -0.15) is 0 Å². The second-order valence-corrected chi connectivity index (χ2v) is 4.20. The fourth-order valence-electron chi connectivity index (χ4n) is 1.90. The Bertz CT molecular complexity index is 431. The van der Waals surface area contributed by atoms with Crippen LogP contribution >= 0.6 is 15.9 Å². The molecule has 0 radical (unpaired) electrons. The molecule has 0 saturated heterocycles. The van der Waals surface area contributed by atoms with Gasteiger partial charge >= 0.3 is 0 Å². The van der Waals surface area contributed by atoms with Crippen molar-refractivity contribution in [3.05, 3.63) is 36.0 Å². The van der Waals surface area contributed by atoms with Crippen molar-refractivity contribution in [2.24, 2.45) is 0 Å². The minimum Gasteiger partial charge on any atom is -0.346 e. The summed E-state index contributed by atoms with van der Waals surface area (Å²) in [6.07, 6.45) is 3.27. The van der Waals surface area contributed by atoms with Crippen molar-refractivity contribution in [3.8, 4) is 0 Å². The van der Waals surface area contributed by atoms with Gasteiger partial charge in [0.05, 0.1) is 5.52 Å². The third-order valence-electron chi connectivity index (χ3n) is 2.58. The Labute approximate surface area is 92.9 Å². The maximum absolute atomic E-state index is 3.48. The number of hydrogen-bond acceptors (Lipinski definition) is 0. The molecule has 0 bridgehead atoms. The number of aromatic nitrogens is 1. The van der Waals surface area contributed by atoms with Crippen molar-refractivity contribution in [2.45, 2.75) is 19.9 Å². The van der Waals surface area contributed by atoms with E-state index in [1.54, 1.807) is 0 Å². The lowest BCUT2D eigenvalue weighted by Crippen LogP contribution is -1.98.